The summed E-state index contributed by atoms with van der Waals surface area (Å²) in [7, 11) is 0. The van der Waals surface area contributed by atoms with Gasteiger partial charge < -0.3 is 23.9 Å². The lowest BCUT2D eigenvalue weighted by Crippen LogP contribution is -2.33. The van der Waals surface area contributed by atoms with Crippen molar-refractivity contribution in [2.24, 2.45) is 11.8 Å². The van der Waals surface area contributed by atoms with Gasteiger partial charge in [-0.3, -0.25) is 13.8 Å². The predicted octanol–water partition coefficient (Wildman–Crippen LogP) is 1.98. The lowest BCUT2D eigenvalue weighted by atomic mass is 10.1. The van der Waals surface area contributed by atoms with E-state index in [9.17, 15) is 19.0 Å². The largest absolute Gasteiger partial charge is 0.474 e. The highest BCUT2D eigenvalue weighted by molar-refractivity contribution is 8.44. The topological polar surface area (TPSA) is 203 Å². The average molecular weight is 634 g/mol. The molecule has 2 saturated carbocycles. The summed E-state index contributed by atoms with van der Waals surface area (Å²) in [6.45, 7) is -8.37. The Labute approximate surface area is 236 Å². The Morgan fingerprint density at radius 2 is 1.85 bits per heavy atom. The molecule has 0 spiro atoms. The summed E-state index contributed by atoms with van der Waals surface area (Å²) in [4.78, 5) is 26.6. The Hall–Kier alpha value is -1.88. The molecular weight excluding hydrogens is 608 g/mol. The SMILES string of the molecule is O=c1[nH]cnc2c1nnn2[C@@H]1C[C@@H]2CO[P@@](=O)(S)O[C@H]3C[C@H](Oc4ccncn4)C[C@@H]3CO[P@@](=O)(S)O[C@@H]1[C@@H]2O. The van der Waals surface area contributed by atoms with Crippen LogP contribution in [0.4, 0.5) is 0 Å². The average Bonchev–Trinajstić information content (AvgIpc) is 3.58. The highest BCUT2D eigenvalue weighted by Gasteiger charge is 2.50. The smallest absolute Gasteiger partial charge is 0.386 e. The zero-order chi connectivity index (χ0) is 28.1. The molecule has 0 amide bonds. The third-order valence-electron chi connectivity index (χ3n) is 7.18. The number of aliphatic hydroxyl groups excluding tert-OH is 1. The second-order valence-corrected chi connectivity index (χ2v) is 15.5. The molecule has 216 valence electrons. The monoisotopic (exact) mass is 633 g/mol. The minimum Gasteiger partial charge on any atom is -0.474 e. The predicted molar refractivity (Wildman–Crippen MR) is 143 cm³/mol. The zero-order valence-electron chi connectivity index (χ0n) is 20.6. The molecular formula is C20H25N7O9P2S2. The number of rotatable bonds is 3. The van der Waals surface area contributed by atoms with Crippen LogP contribution in [-0.4, -0.2) is 77.7 Å². The van der Waals surface area contributed by atoms with E-state index in [-0.39, 0.29) is 36.9 Å². The third-order valence-corrected chi connectivity index (χ3v) is 10.4. The first-order chi connectivity index (χ1) is 19.1. The molecule has 20 heteroatoms. The summed E-state index contributed by atoms with van der Waals surface area (Å²) in [5.74, 6) is -0.756. The van der Waals surface area contributed by atoms with E-state index in [1.54, 1.807) is 12.3 Å². The molecule has 9 atom stereocenters. The maximum atomic E-state index is 13.4. The summed E-state index contributed by atoms with van der Waals surface area (Å²) >= 11 is 8.33. The van der Waals surface area contributed by atoms with Crippen molar-refractivity contribution in [3.63, 3.8) is 0 Å². The lowest BCUT2D eigenvalue weighted by molar-refractivity contribution is 0.00533. The van der Waals surface area contributed by atoms with Crippen LogP contribution in [0.3, 0.4) is 0 Å². The van der Waals surface area contributed by atoms with Crippen LogP contribution < -0.4 is 10.3 Å². The number of ether oxygens (including phenoxy) is 1. The maximum Gasteiger partial charge on any atom is 0.386 e. The number of hydrogen-bond acceptors (Lipinski definition) is 14. The second-order valence-electron chi connectivity index (χ2n) is 9.75. The van der Waals surface area contributed by atoms with Gasteiger partial charge >= 0.3 is 13.6 Å². The van der Waals surface area contributed by atoms with Crippen LogP contribution in [0.1, 0.15) is 25.3 Å². The van der Waals surface area contributed by atoms with Gasteiger partial charge in [-0.25, -0.2) is 28.8 Å². The molecule has 0 radical (unpaired) electrons. The molecule has 3 aromatic rings. The van der Waals surface area contributed by atoms with Gasteiger partial charge in [0, 0.05) is 30.5 Å². The van der Waals surface area contributed by atoms with E-state index in [4.69, 9.17) is 22.8 Å². The van der Waals surface area contributed by atoms with Crippen molar-refractivity contribution in [3.05, 3.63) is 35.3 Å². The first-order valence-corrected chi connectivity index (χ1v) is 17.7. The van der Waals surface area contributed by atoms with Gasteiger partial charge in [-0.2, -0.15) is 0 Å². The fourth-order valence-corrected chi connectivity index (χ4v) is 8.48. The van der Waals surface area contributed by atoms with Gasteiger partial charge in [0.05, 0.1) is 37.8 Å². The molecule has 4 heterocycles. The number of aromatic amines is 1. The number of nitrogens with one attached hydrogen (secondary N) is 1. The molecule has 6 rings (SSSR count). The number of H-pyrrole nitrogens is 1. The van der Waals surface area contributed by atoms with Crippen molar-refractivity contribution in [3.8, 4) is 5.88 Å². The van der Waals surface area contributed by atoms with Crippen LogP contribution in [0.2, 0.25) is 0 Å². The summed E-state index contributed by atoms with van der Waals surface area (Å²) in [5, 5.41) is 19.1. The summed E-state index contributed by atoms with van der Waals surface area (Å²) < 4.78 is 56.8. The first kappa shape index (κ1) is 28.2. The Morgan fingerprint density at radius 1 is 1.07 bits per heavy atom. The number of thiol groups is 2. The molecule has 1 aliphatic heterocycles. The minimum atomic E-state index is -4.07. The van der Waals surface area contributed by atoms with Crippen LogP contribution in [0.15, 0.2) is 29.7 Å². The number of hydrogen-bond donors (Lipinski definition) is 4. The van der Waals surface area contributed by atoms with Gasteiger partial charge in [0.1, 0.15) is 18.5 Å². The molecule has 16 nitrogen and oxygen atoms in total. The fraction of sp³-hybridized carbons (Fsp3) is 0.600. The van der Waals surface area contributed by atoms with Crippen molar-refractivity contribution >= 4 is 49.3 Å². The number of aliphatic hydroxyl groups is 1. The van der Waals surface area contributed by atoms with E-state index >= 15 is 0 Å². The molecule has 2 aliphatic carbocycles. The van der Waals surface area contributed by atoms with E-state index in [1.807, 2.05) is 0 Å². The maximum absolute atomic E-state index is 13.4. The standard InChI is InChI=1S/C20H25N7O9P2S2/c28-17-11-4-13(27-19-16(25-26-27)20(29)24-9-23-19)18(17)36-38(31,40)32-6-10-3-12(34-15-1-2-21-8-22-15)5-14(10)35-37(30,39)33-7-11/h1-2,8-14,17-18,28H,3-7H2,(H,30,39)(H,31,40)(H,23,24,29)/t10-,11-,12-,13-,14+,17-,18+,37-,38-/m1/s1. The van der Waals surface area contributed by atoms with Crippen LogP contribution in [0.5, 0.6) is 5.88 Å². The number of nitrogens with zero attached hydrogens (tertiary/aromatic N) is 6. The third kappa shape index (κ3) is 5.87. The highest BCUT2D eigenvalue weighted by Crippen LogP contribution is 2.61. The molecule has 3 fully saturated rings. The van der Waals surface area contributed by atoms with Crippen molar-refractivity contribution in [1.29, 1.82) is 0 Å². The Bertz CT molecular complexity index is 1530. The van der Waals surface area contributed by atoms with Gasteiger partial charge in [0.2, 0.25) is 5.88 Å². The van der Waals surface area contributed by atoms with E-state index in [1.165, 1.54) is 17.3 Å². The number of aromatic nitrogens is 7. The Kier molecular flexibility index (Phi) is 7.82. The van der Waals surface area contributed by atoms with Crippen molar-refractivity contribution in [1.82, 2.24) is 34.9 Å². The van der Waals surface area contributed by atoms with Gasteiger partial charge in [-0.05, 0) is 12.8 Å². The first-order valence-electron chi connectivity index (χ1n) is 12.3. The summed E-state index contributed by atoms with van der Waals surface area (Å²) in [5.41, 5.74) is -0.382. The van der Waals surface area contributed by atoms with E-state index in [0.717, 1.165) is 0 Å². The van der Waals surface area contributed by atoms with E-state index in [0.29, 0.717) is 18.7 Å². The summed E-state index contributed by atoms with van der Waals surface area (Å²) in [6, 6.07) is 0.815. The van der Waals surface area contributed by atoms with Gasteiger partial charge in [-0.1, -0.05) is 29.7 Å². The quantitative estimate of drug-likeness (QED) is 0.241. The highest BCUT2D eigenvalue weighted by atomic mass is 32.7. The van der Waals surface area contributed by atoms with Crippen LogP contribution in [0.25, 0.3) is 11.2 Å². The molecule has 3 aliphatic rings. The van der Waals surface area contributed by atoms with Gasteiger partial charge in [-0.15, -0.1) is 5.10 Å². The van der Waals surface area contributed by atoms with Crippen LogP contribution in [0, 0.1) is 11.8 Å². The van der Waals surface area contributed by atoms with Crippen LogP contribution in [-0.2, 0) is 27.2 Å². The molecule has 0 unspecified atom stereocenters. The zero-order valence-corrected chi connectivity index (χ0v) is 24.1. The van der Waals surface area contributed by atoms with E-state index in [2.05, 4.69) is 54.7 Å². The summed E-state index contributed by atoms with van der Waals surface area (Å²) in [6.07, 6.45) is 1.45. The molecule has 1 saturated heterocycles. The Balaban J connectivity index is 1.27. The lowest BCUT2D eigenvalue weighted by Gasteiger charge is -2.26. The van der Waals surface area contributed by atoms with Gasteiger partial charge in [0.25, 0.3) is 5.56 Å². The molecule has 3 aromatic heterocycles. The fourth-order valence-electron chi connectivity index (χ4n) is 5.34. The Morgan fingerprint density at radius 3 is 2.62 bits per heavy atom. The van der Waals surface area contributed by atoms with E-state index < -0.39 is 55.3 Å². The van der Waals surface area contributed by atoms with Gasteiger partial charge in [0.15, 0.2) is 11.2 Å². The van der Waals surface area contributed by atoms with Crippen molar-refractivity contribution in [2.45, 2.75) is 49.7 Å². The molecule has 0 aromatic carbocycles. The minimum absolute atomic E-state index is 0.0191. The molecule has 40 heavy (non-hydrogen) atoms. The molecule has 2 N–H and O–H groups in total. The second kappa shape index (κ2) is 11.1. The molecule has 2 bridgehead atoms. The normalized spacial score (nSPS) is 38.7. The van der Waals surface area contributed by atoms with Crippen molar-refractivity contribution in [2.75, 3.05) is 13.2 Å². The van der Waals surface area contributed by atoms with Crippen LogP contribution >= 0.6 is 38.1 Å². The van der Waals surface area contributed by atoms with Crippen molar-refractivity contribution < 1.29 is 37.1 Å². The number of fused-ring (bicyclic) bond motifs is 4.